The summed E-state index contributed by atoms with van der Waals surface area (Å²) in [6.45, 7) is 3.37. The maximum atomic E-state index is 13.5. The van der Waals surface area contributed by atoms with E-state index in [1.807, 2.05) is 0 Å². The van der Waals surface area contributed by atoms with Crippen molar-refractivity contribution in [3.05, 3.63) is 53.1 Å². The monoisotopic (exact) mass is 576 g/mol. The molecule has 0 bridgehead atoms. The molecule has 3 N–H and O–H groups in total. The van der Waals surface area contributed by atoms with Crippen LogP contribution in [-0.4, -0.2) is 52.6 Å². The van der Waals surface area contributed by atoms with Gasteiger partial charge in [0.2, 0.25) is 0 Å². The molecule has 0 radical (unpaired) electrons. The van der Waals surface area contributed by atoms with Crippen molar-refractivity contribution in [1.82, 2.24) is 10.2 Å². The van der Waals surface area contributed by atoms with E-state index in [1.54, 1.807) is 6.92 Å². The predicted octanol–water partition coefficient (Wildman–Crippen LogP) is 6.06. The average Bonchev–Trinajstić information content (AvgIpc) is 3.08. The van der Waals surface area contributed by atoms with Crippen LogP contribution in [0.25, 0.3) is 0 Å². The second kappa shape index (κ2) is 11.1. The summed E-state index contributed by atoms with van der Waals surface area (Å²) < 4.78 is 86.8. The van der Waals surface area contributed by atoms with Crippen LogP contribution in [0.5, 0.6) is 17.2 Å². The Labute approximate surface area is 226 Å². The highest BCUT2D eigenvalue weighted by Gasteiger charge is 2.68. The fourth-order valence-electron chi connectivity index (χ4n) is 4.47. The maximum absolute atomic E-state index is 13.5. The van der Waals surface area contributed by atoms with E-state index in [0.717, 1.165) is 23.1 Å². The first kappa shape index (κ1) is 30.9. The van der Waals surface area contributed by atoms with E-state index in [0.29, 0.717) is 19.3 Å². The number of carbonyl (C=O) groups is 2. The topological polar surface area (TPSA) is 99.1 Å². The number of phenols is 2. The van der Waals surface area contributed by atoms with E-state index >= 15 is 0 Å². The lowest BCUT2D eigenvalue weighted by Crippen LogP contribution is -2.51. The van der Waals surface area contributed by atoms with Gasteiger partial charge in [-0.05, 0) is 68.0 Å². The van der Waals surface area contributed by atoms with Crippen LogP contribution in [-0.2, 0) is 22.2 Å². The number of benzene rings is 2. The highest BCUT2D eigenvalue weighted by molar-refractivity contribution is 6.07. The molecule has 1 saturated heterocycles. The number of halogens is 6. The molecule has 13 heteroatoms. The zero-order valence-corrected chi connectivity index (χ0v) is 22.0. The summed E-state index contributed by atoms with van der Waals surface area (Å²) in [6.07, 6.45) is -9.84. The van der Waals surface area contributed by atoms with Crippen LogP contribution in [0.1, 0.15) is 56.7 Å². The Hall–Kier alpha value is -3.64. The third kappa shape index (κ3) is 5.64. The summed E-state index contributed by atoms with van der Waals surface area (Å²) in [4.78, 5) is 26.5. The molecular formula is C27H30F6N2O5. The molecule has 2 aromatic carbocycles. The van der Waals surface area contributed by atoms with E-state index in [1.165, 1.54) is 25.1 Å². The number of aromatic hydroxyl groups is 2. The van der Waals surface area contributed by atoms with Gasteiger partial charge in [0.1, 0.15) is 11.3 Å². The molecule has 1 aliphatic rings. The lowest BCUT2D eigenvalue weighted by Gasteiger charge is -2.34. The highest BCUT2D eigenvalue weighted by atomic mass is 19.4. The number of nitrogens with one attached hydrogen (secondary N) is 1. The van der Waals surface area contributed by atoms with Crippen molar-refractivity contribution < 1.29 is 50.9 Å². The number of amides is 3. The molecule has 3 amide bonds. The van der Waals surface area contributed by atoms with E-state index in [2.05, 4.69) is 5.32 Å². The number of hydrogen-bond donors (Lipinski definition) is 3. The van der Waals surface area contributed by atoms with Gasteiger partial charge in [-0.2, -0.15) is 26.3 Å². The van der Waals surface area contributed by atoms with Crippen molar-refractivity contribution in [1.29, 1.82) is 0 Å². The molecule has 1 atom stereocenters. The Kier molecular flexibility index (Phi) is 8.56. The zero-order chi connectivity index (χ0) is 30.1. The van der Waals surface area contributed by atoms with Crippen LogP contribution in [0.4, 0.5) is 31.1 Å². The standard InChI is InChI=1S/C27H30F6N2O5/c1-4-7-16-14-18(25(3,26(28,29)30)27(31,32)33)9-11-21(16)40-13-6-5-12-35-22(38)24(2,34-23(35)39)17-8-10-19(36)20(37)15-17/h8-11,14-15,36-37H,4-7,12-13H2,1-3H3,(H,34,39). The number of aryl methyl sites for hydroxylation is 1. The summed E-state index contributed by atoms with van der Waals surface area (Å²) in [6, 6.07) is 5.87. The highest BCUT2D eigenvalue weighted by Crippen LogP contribution is 2.52. The van der Waals surface area contributed by atoms with Gasteiger partial charge in [0.25, 0.3) is 5.91 Å². The molecule has 1 unspecified atom stereocenters. The molecule has 0 aromatic heterocycles. The van der Waals surface area contributed by atoms with Gasteiger partial charge in [-0.25, -0.2) is 4.79 Å². The quantitative estimate of drug-likeness (QED) is 0.138. The van der Waals surface area contributed by atoms with E-state index in [4.69, 9.17) is 4.74 Å². The van der Waals surface area contributed by atoms with E-state index in [-0.39, 0.29) is 49.1 Å². The van der Waals surface area contributed by atoms with Crippen LogP contribution in [0, 0.1) is 0 Å². The number of ether oxygens (including phenoxy) is 1. The Morgan fingerprint density at radius 2 is 1.60 bits per heavy atom. The number of carbonyl (C=O) groups excluding carboxylic acids is 2. The predicted molar refractivity (Wildman–Crippen MR) is 132 cm³/mol. The molecule has 1 aliphatic heterocycles. The van der Waals surface area contributed by atoms with Crippen molar-refractivity contribution in [2.45, 2.75) is 69.8 Å². The van der Waals surface area contributed by atoms with Crippen molar-refractivity contribution in [2.24, 2.45) is 0 Å². The molecule has 7 nitrogen and oxygen atoms in total. The summed E-state index contributed by atoms with van der Waals surface area (Å²) in [5.41, 5.74) is -5.95. The lowest BCUT2D eigenvalue weighted by molar-refractivity contribution is -0.297. The fourth-order valence-corrected chi connectivity index (χ4v) is 4.47. The van der Waals surface area contributed by atoms with Crippen molar-refractivity contribution in [2.75, 3.05) is 13.2 Å². The number of rotatable bonds is 10. The van der Waals surface area contributed by atoms with Gasteiger partial charge in [-0.15, -0.1) is 0 Å². The largest absolute Gasteiger partial charge is 0.504 e. The second-order valence-electron chi connectivity index (χ2n) is 9.96. The normalized spacial score (nSPS) is 18.3. The van der Waals surface area contributed by atoms with Crippen LogP contribution in [0.2, 0.25) is 0 Å². The fraction of sp³-hybridized carbons (Fsp3) is 0.481. The second-order valence-corrected chi connectivity index (χ2v) is 9.96. The Morgan fingerprint density at radius 3 is 2.17 bits per heavy atom. The van der Waals surface area contributed by atoms with E-state index in [9.17, 15) is 46.1 Å². The van der Waals surface area contributed by atoms with Gasteiger partial charge in [0, 0.05) is 6.54 Å². The zero-order valence-electron chi connectivity index (χ0n) is 22.0. The van der Waals surface area contributed by atoms with Crippen LogP contribution < -0.4 is 10.1 Å². The Morgan fingerprint density at radius 1 is 0.950 bits per heavy atom. The van der Waals surface area contributed by atoms with Crippen LogP contribution in [0.15, 0.2) is 36.4 Å². The number of hydrogen-bond acceptors (Lipinski definition) is 5. The summed E-state index contributed by atoms with van der Waals surface area (Å²) in [7, 11) is 0. The molecular weight excluding hydrogens is 546 g/mol. The molecule has 220 valence electrons. The Balaban J connectivity index is 1.65. The molecule has 3 rings (SSSR count). The summed E-state index contributed by atoms with van der Waals surface area (Å²) in [5.74, 6) is -1.24. The van der Waals surface area contributed by atoms with Gasteiger partial charge in [0.15, 0.2) is 16.9 Å². The summed E-state index contributed by atoms with van der Waals surface area (Å²) >= 11 is 0. The van der Waals surface area contributed by atoms with Gasteiger partial charge < -0.3 is 20.3 Å². The first-order valence-corrected chi connectivity index (χ1v) is 12.5. The van der Waals surface area contributed by atoms with Crippen LogP contribution in [0.3, 0.4) is 0 Å². The number of nitrogens with zero attached hydrogens (tertiary/aromatic N) is 1. The molecule has 0 saturated carbocycles. The molecule has 2 aromatic rings. The SMILES string of the molecule is CCCc1cc(C(C)(C(F)(F)F)C(F)(F)F)ccc1OCCCCN1C(=O)NC(C)(c2ccc(O)c(O)c2)C1=O. The third-order valence-electron chi connectivity index (χ3n) is 7.15. The van der Waals surface area contributed by atoms with Gasteiger partial charge in [-0.3, -0.25) is 9.69 Å². The first-order valence-electron chi connectivity index (χ1n) is 12.5. The van der Waals surface area contributed by atoms with Crippen molar-refractivity contribution >= 4 is 11.9 Å². The Bertz CT molecular complexity index is 1250. The van der Waals surface area contributed by atoms with Gasteiger partial charge in [0.05, 0.1) is 6.61 Å². The lowest BCUT2D eigenvalue weighted by atomic mass is 9.80. The molecule has 0 aliphatic carbocycles. The first-order chi connectivity index (χ1) is 18.5. The minimum absolute atomic E-state index is 0.0178. The number of imide groups is 1. The average molecular weight is 577 g/mol. The van der Waals surface area contributed by atoms with Crippen molar-refractivity contribution in [3.8, 4) is 17.2 Å². The number of unbranched alkanes of at least 4 members (excludes halogenated alkanes) is 1. The van der Waals surface area contributed by atoms with E-state index < -0.39 is 46.6 Å². The molecule has 1 heterocycles. The summed E-state index contributed by atoms with van der Waals surface area (Å²) in [5, 5.41) is 21.9. The third-order valence-corrected chi connectivity index (χ3v) is 7.15. The number of phenolic OH excluding ortho intramolecular Hbond substituents is 2. The smallest absolute Gasteiger partial charge is 0.406 e. The minimum atomic E-state index is -5.56. The van der Waals surface area contributed by atoms with Crippen LogP contribution >= 0.6 is 0 Å². The molecule has 40 heavy (non-hydrogen) atoms. The number of alkyl halides is 6. The van der Waals surface area contributed by atoms with Gasteiger partial charge >= 0.3 is 18.4 Å². The maximum Gasteiger partial charge on any atom is 0.406 e. The van der Waals surface area contributed by atoms with Crippen molar-refractivity contribution in [3.63, 3.8) is 0 Å². The number of urea groups is 1. The molecule has 1 fully saturated rings. The van der Waals surface area contributed by atoms with Gasteiger partial charge in [-0.1, -0.05) is 31.5 Å². The molecule has 0 spiro atoms. The minimum Gasteiger partial charge on any atom is -0.504 e.